The number of carbonyl (C=O) groups excluding carboxylic acids is 1. The molecule has 0 saturated heterocycles. The normalized spacial score (nSPS) is 11.9. The summed E-state index contributed by atoms with van der Waals surface area (Å²) in [5.74, 6) is 1.26. The van der Waals surface area contributed by atoms with Crippen molar-refractivity contribution in [3.63, 3.8) is 0 Å². The summed E-state index contributed by atoms with van der Waals surface area (Å²) in [4.78, 5) is 38.4. The van der Waals surface area contributed by atoms with Gasteiger partial charge in [0.1, 0.15) is 34.6 Å². The molecule has 1 amide bonds. The van der Waals surface area contributed by atoms with E-state index in [4.69, 9.17) is 27.9 Å². The average molecular weight is 972 g/mol. The summed E-state index contributed by atoms with van der Waals surface area (Å²) in [6, 6.07) is 26.6. The number of nitrogens with one attached hydrogen (secondary N) is 3. The summed E-state index contributed by atoms with van der Waals surface area (Å²) in [6.07, 6.45) is 10.1. The number of rotatable bonds is 10. The van der Waals surface area contributed by atoms with Crippen molar-refractivity contribution in [1.82, 2.24) is 29.9 Å². The number of nitrogens with zero attached hydrogens (tertiary/aromatic N) is 5. The zero-order valence-corrected chi connectivity index (χ0v) is 37.4. The van der Waals surface area contributed by atoms with Gasteiger partial charge in [0.15, 0.2) is 0 Å². The Morgan fingerprint density at radius 2 is 1.38 bits per heavy atom. The van der Waals surface area contributed by atoms with E-state index in [9.17, 15) is 9.90 Å². The molecule has 8 rings (SSSR count). The first kappa shape index (κ1) is 42.8. The van der Waals surface area contributed by atoms with Gasteiger partial charge in [-0.1, -0.05) is 59.6 Å². The summed E-state index contributed by atoms with van der Waals surface area (Å²) in [5.41, 5.74) is 6.58. The number of carbonyl (C=O) groups is 1. The van der Waals surface area contributed by atoms with E-state index in [0.29, 0.717) is 34.2 Å². The van der Waals surface area contributed by atoms with Crippen LogP contribution in [0.25, 0.3) is 22.1 Å². The van der Waals surface area contributed by atoms with Crippen LogP contribution in [0.4, 0.5) is 16.4 Å². The number of aromatic amines is 2. The smallest absolute Gasteiger partial charge is 0.416 e. The quantitative estimate of drug-likeness (QED) is 0.106. The first-order valence-electron chi connectivity index (χ1n) is 18.8. The topological polar surface area (TPSA) is 145 Å². The third-order valence-electron chi connectivity index (χ3n) is 9.24. The van der Waals surface area contributed by atoms with Crippen LogP contribution in [0.1, 0.15) is 60.3 Å². The Bertz CT molecular complexity index is 2700. The number of pyridine rings is 4. The highest BCUT2D eigenvalue weighted by atomic mass is 79.9. The number of halogens is 4. The minimum atomic E-state index is -0.919. The summed E-state index contributed by atoms with van der Waals surface area (Å²) >= 11 is 18.8. The Morgan fingerprint density at radius 3 is 2.00 bits per heavy atom. The summed E-state index contributed by atoms with van der Waals surface area (Å²) in [6.45, 7) is 6.40. The second kappa shape index (κ2) is 18.9. The van der Waals surface area contributed by atoms with Gasteiger partial charge in [0, 0.05) is 91.0 Å². The number of ether oxygens (including phenoxy) is 1. The van der Waals surface area contributed by atoms with Gasteiger partial charge in [0.2, 0.25) is 0 Å². The lowest BCUT2D eigenvalue weighted by Gasteiger charge is -2.27. The van der Waals surface area contributed by atoms with Crippen molar-refractivity contribution >= 4 is 94.9 Å². The maximum absolute atomic E-state index is 13.0. The molecule has 0 bridgehead atoms. The first-order valence-corrected chi connectivity index (χ1v) is 21.2. The molecular formula is C45H40Br2Cl2N8O3. The second-order valence-electron chi connectivity index (χ2n) is 14.9. The zero-order valence-electron chi connectivity index (χ0n) is 32.8. The van der Waals surface area contributed by atoms with E-state index < -0.39 is 17.8 Å². The molecule has 2 aromatic carbocycles. The lowest BCUT2D eigenvalue weighted by Crippen LogP contribution is -2.37. The number of benzene rings is 2. The third-order valence-corrected chi connectivity index (χ3v) is 10.6. The molecule has 0 radical (unpaired) electrons. The molecular weight excluding hydrogens is 931 g/mol. The Hall–Kier alpha value is -5.31. The van der Waals surface area contributed by atoms with Crippen molar-refractivity contribution in [2.75, 3.05) is 10.2 Å². The number of hydrogen-bond donors (Lipinski definition) is 4. The van der Waals surface area contributed by atoms with Crippen molar-refractivity contribution in [1.29, 1.82) is 0 Å². The molecule has 0 fully saturated rings. The molecule has 4 N–H and O–H groups in total. The number of amides is 1. The molecule has 6 aromatic heterocycles. The Morgan fingerprint density at radius 1 is 0.767 bits per heavy atom. The summed E-state index contributed by atoms with van der Waals surface area (Å²) < 4.78 is 7.40. The van der Waals surface area contributed by atoms with Crippen molar-refractivity contribution in [2.45, 2.75) is 52.0 Å². The molecule has 0 aliphatic carbocycles. The number of anilines is 2. The van der Waals surface area contributed by atoms with Crippen LogP contribution in [0.15, 0.2) is 131 Å². The van der Waals surface area contributed by atoms with Crippen molar-refractivity contribution in [3.8, 4) is 0 Å². The number of fused-ring (bicyclic) bond motifs is 2. The van der Waals surface area contributed by atoms with Gasteiger partial charge in [-0.3, -0.25) is 4.90 Å². The van der Waals surface area contributed by atoms with Crippen molar-refractivity contribution in [2.24, 2.45) is 0 Å². The lowest BCUT2D eigenvalue weighted by atomic mass is 10.0. The van der Waals surface area contributed by atoms with Crippen LogP contribution in [0.5, 0.6) is 0 Å². The highest BCUT2D eigenvalue weighted by Gasteiger charge is 2.25. The van der Waals surface area contributed by atoms with E-state index in [1.807, 2.05) is 81.7 Å². The molecule has 1 atom stereocenters. The van der Waals surface area contributed by atoms with Gasteiger partial charge in [0.25, 0.3) is 0 Å². The maximum Gasteiger partial charge on any atom is 0.416 e. The molecule has 306 valence electrons. The van der Waals surface area contributed by atoms with Crippen molar-refractivity contribution in [3.05, 3.63) is 174 Å². The van der Waals surface area contributed by atoms with Gasteiger partial charge in [-0.2, -0.15) is 0 Å². The van der Waals surface area contributed by atoms with E-state index in [1.54, 1.807) is 49.1 Å². The highest BCUT2D eigenvalue weighted by Crippen LogP contribution is 2.31. The van der Waals surface area contributed by atoms with Crippen LogP contribution in [0.3, 0.4) is 0 Å². The molecule has 0 spiro atoms. The first-order chi connectivity index (χ1) is 28.8. The summed E-state index contributed by atoms with van der Waals surface area (Å²) in [7, 11) is 0. The van der Waals surface area contributed by atoms with Crippen LogP contribution in [-0.4, -0.2) is 46.7 Å². The molecule has 6 heterocycles. The van der Waals surface area contributed by atoms with Gasteiger partial charge in [-0.25, -0.2) is 24.7 Å². The Kier molecular flexibility index (Phi) is 13.5. The van der Waals surface area contributed by atoms with Crippen LogP contribution >= 0.6 is 55.1 Å². The van der Waals surface area contributed by atoms with Gasteiger partial charge in [-0.15, -0.1) is 0 Å². The molecule has 1 unspecified atom stereocenters. The van der Waals surface area contributed by atoms with Gasteiger partial charge in [0.05, 0.1) is 6.54 Å². The third kappa shape index (κ3) is 11.1. The SMILES string of the molecule is CC(C)(C)OC(=O)N(Cc1ccc(Cl)cc1)c1ccc(C(O)c2c[nH]c3ncc(Br)cc23)cn1.Clc1ccc(CNc2ccc(Cc3c[nH]c4ncc(Br)cc34)cn2)cc1. The zero-order chi connectivity index (χ0) is 42.4. The van der Waals surface area contributed by atoms with E-state index >= 15 is 0 Å². The molecule has 60 heavy (non-hydrogen) atoms. The number of aliphatic hydroxyl groups is 1. The largest absolute Gasteiger partial charge is 0.443 e. The van der Waals surface area contributed by atoms with E-state index in [-0.39, 0.29) is 6.54 Å². The fourth-order valence-electron chi connectivity index (χ4n) is 6.28. The second-order valence-corrected chi connectivity index (χ2v) is 17.6. The predicted molar refractivity (Wildman–Crippen MR) is 246 cm³/mol. The Labute approximate surface area is 373 Å². The molecule has 8 aromatic rings. The number of hydrogen-bond acceptors (Lipinski definition) is 8. The maximum atomic E-state index is 13.0. The molecule has 11 nitrogen and oxygen atoms in total. The predicted octanol–water partition coefficient (Wildman–Crippen LogP) is 12.0. The summed E-state index contributed by atoms with van der Waals surface area (Å²) in [5, 5.41) is 17.6. The number of aromatic nitrogens is 6. The van der Waals surface area contributed by atoms with Crippen LogP contribution in [0, 0.1) is 0 Å². The fraction of sp³-hybridized carbons (Fsp3) is 0.178. The Balaban J connectivity index is 0.000000188. The molecule has 0 saturated carbocycles. The minimum absolute atomic E-state index is 0.253. The fourth-order valence-corrected chi connectivity index (χ4v) is 7.19. The van der Waals surface area contributed by atoms with E-state index in [1.165, 1.54) is 10.5 Å². The van der Waals surface area contributed by atoms with Gasteiger partial charge in [-0.05, 0) is 123 Å². The number of aliphatic hydroxyl groups excluding tert-OH is 1. The standard InChI is InChI=1S/C25H24BrClN4O3.C20H16BrClN4/c1-25(2,3)34-24(33)31(14-15-4-7-18(27)8-5-15)21-9-6-16(11-28-21)22(32)20-13-30-23-19(20)10-17(26)12-29-23;21-16-8-18-15(11-25-20(18)26-12-16)7-14-3-6-19(24-10-14)23-9-13-1-4-17(22)5-2-13/h4-13,22,32H,14H2,1-3H3,(H,29,30);1-6,8,10-12H,7,9H2,(H,23,24)(H,25,26). The number of H-pyrrole nitrogens is 2. The highest BCUT2D eigenvalue weighted by molar-refractivity contribution is 9.10. The average Bonchev–Trinajstić information content (AvgIpc) is 3.83. The van der Waals surface area contributed by atoms with Crippen molar-refractivity contribution < 1.29 is 14.6 Å². The van der Waals surface area contributed by atoms with E-state index in [0.717, 1.165) is 59.3 Å². The van der Waals surface area contributed by atoms with E-state index in [2.05, 4.69) is 79.2 Å². The lowest BCUT2D eigenvalue weighted by molar-refractivity contribution is 0.0576. The van der Waals surface area contributed by atoms with Crippen LogP contribution < -0.4 is 10.2 Å². The molecule has 0 aliphatic rings. The molecule has 15 heteroatoms. The minimum Gasteiger partial charge on any atom is -0.443 e. The van der Waals surface area contributed by atoms with Crippen LogP contribution in [-0.2, 0) is 24.2 Å². The van der Waals surface area contributed by atoms with Gasteiger partial charge < -0.3 is 25.1 Å². The van der Waals surface area contributed by atoms with Crippen LogP contribution in [0.2, 0.25) is 10.0 Å². The monoisotopic (exact) mass is 968 g/mol. The molecule has 0 aliphatic heterocycles. The van der Waals surface area contributed by atoms with Gasteiger partial charge >= 0.3 is 6.09 Å².